The lowest BCUT2D eigenvalue weighted by Crippen LogP contribution is -1.99. The van der Waals surface area contributed by atoms with Crippen LogP contribution in [0, 0.1) is 0 Å². The fraction of sp³-hybridized carbons (Fsp3) is 0.222. The van der Waals surface area contributed by atoms with E-state index in [4.69, 9.17) is 10.5 Å². The van der Waals surface area contributed by atoms with Gasteiger partial charge in [0.15, 0.2) is 5.16 Å². The van der Waals surface area contributed by atoms with Crippen LogP contribution in [0.5, 0.6) is 5.88 Å². The van der Waals surface area contributed by atoms with E-state index >= 15 is 0 Å². The minimum atomic E-state index is 0.191. The molecular weight excluding hydrogens is 226 g/mol. The molecule has 2 heterocycles. The second kappa shape index (κ2) is 4.40. The third-order valence-electron chi connectivity index (χ3n) is 1.88. The van der Waals surface area contributed by atoms with Gasteiger partial charge < -0.3 is 15.0 Å². The van der Waals surface area contributed by atoms with Crippen LogP contribution in [0.15, 0.2) is 28.6 Å². The van der Waals surface area contributed by atoms with Crippen LogP contribution in [-0.4, -0.2) is 26.6 Å². The Hall–Kier alpha value is -1.76. The summed E-state index contributed by atoms with van der Waals surface area (Å²) >= 11 is 1.41. The minimum absolute atomic E-state index is 0.191. The molecule has 0 bridgehead atoms. The van der Waals surface area contributed by atoms with Crippen molar-refractivity contribution in [3.63, 3.8) is 0 Å². The molecule has 0 radical (unpaired) electrons. The number of aryl methyl sites for hydroxylation is 1. The van der Waals surface area contributed by atoms with Gasteiger partial charge in [0, 0.05) is 25.5 Å². The summed E-state index contributed by atoms with van der Waals surface area (Å²) in [6.45, 7) is 0. The summed E-state index contributed by atoms with van der Waals surface area (Å²) in [5, 5.41) is 1.54. The Balaban J connectivity index is 2.28. The van der Waals surface area contributed by atoms with Gasteiger partial charge in [-0.25, -0.2) is 9.97 Å². The lowest BCUT2D eigenvalue weighted by atomic mass is 10.6. The molecule has 0 spiro atoms. The second-order valence-corrected chi connectivity index (χ2v) is 4.02. The van der Waals surface area contributed by atoms with Crippen LogP contribution in [0.2, 0.25) is 0 Å². The zero-order chi connectivity index (χ0) is 11.5. The van der Waals surface area contributed by atoms with E-state index in [2.05, 4.69) is 15.0 Å². The Labute approximate surface area is 96.9 Å². The highest BCUT2D eigenvalue weighted by Gasteiger charge is 2.07. The van der Waals surface area contributed by atoms with Crippen molar-refractivity contribution in [1.82, 2.24) is 19.5 Å². The molecule has 16 heavy (non-hydrogen) atoms. The number of nitrogen functional groups attached to an aromatic ring is 1. The quantitative estimate of drug-likeness (QED) is 0.801. The Morgan fingerprint density at radius 2 is 2.25 bits per heavy atom. The van der Waals surface area contributed by atoms with Gasteiger partial charge in [0.1, 0.15) is 5.03 Å². The van der Waals surface area contributed by atoms with Crippen molar-refractivity contribution in [3.05, 3.63) is 18.5 Å². The maximum atomic E-state index is 5.56. The van der Waals surface area contributed by atoms with Crippen molar-refractivity contribution in [2.75, 3.05) is 12.8 Å². The average molecular weight is 237 g/mol. The number of hydrogen-bond donors (Lipinski definition) is 1. The van der Waals surface area contributed by atoms with Gasteiger partial charge in [0.25, 0.3) is 0 Å². The molecule has 7 heteroatoms. The number of aromatic nitrogens is 4. The molecule has 0 aromatic carbocycles. The van der Waals surface area contributed by atoms with Crippen LogP contribution >= 0.6 is 11.8 Å². The first kappa shape index (κ1) is 10.7. The van der Waals surface area contributed by atoms with Gasteiger partial charge in [-0.2, -0.15) is 4.98 Å². The summed E-state index contributed by atoms with van der Waals surface area (Å²) in [5.41, 5.74) is 5.56. The number of methoxy groups -OCH3 is 1. The number of nitrogens with two attached hydrogens (primary N) is 1. The fourth-order valence-electron chi connectivity index (χ4n) is 1.12. The third-order valence-corrected chi connectivity index (χ3v) is 2.87. The first-order valence-corrected chi connectivity index (χ1v) is 5.34. The molecule has 0 aliphatic rings. The standard InChI is InChI=1S/C9H11N5OS/c1-14-4-3-11-9(14)16-7-5-6(15-2)12-8(10)13-7/h3-5H,1-2H3,(H2,10,12,13). The van der Waals surface area contributed by atoms with Gasteiger partial charge in [0.05, 0.1) is 7.11 Å². The van der Waals surface area contributed by atoms with Crippen molar-refractivity contribution in [1.29, 1.82) is 0 Å². The molecule has 0 aliphatic carbocycles. The summed E-state index contributed by atoms with van der Waals surface area (Å²) in [6.07, 6.45) is 3.59. The van der Waals surface area contributed by atoms with Crippen LogP contribution in [0.3, 0.4) is 0 Å². The van der Waals surface area contributed by atoms with E-state index in [0.29, 0.717) is 10.9 Å². The maximum absolute atomic E-state index is 5.56. The number of nitrogens with zero attached hydrogens (tertiary/aromatic N) is 4. The molecule has 2 aromatic heterocycles. The largest absolute Gasteiger partial charge is 0.481 e. The molecule has 6 nitrogen and oxygen atoms in total. The average Bonchev–Trinajstić information content (AvgIpc) is 2.63. The van der Waals surface area contributed by atoms with Crippen LogP contribution in [0.25, 0.3) is 0 Å². The summed E-state index contributed by atoms with van der Waals surface area (Å²) in [7, 11) is 3.45. The number of rotatable bonds is 3. The highest BCUT2D eigenvalue weighted by atomic mass is 32.2. The molecular formula is C9H11N5OS. The molecule has 2 rings (SSSR count). The molecule has 84 valence electrons. The summed E-state index contributed by atoms with van der Waals surface area (Å²) < 4.78 is 6.91. The van der Waals surface area contributed by atoms with Crippen molar-refractivity contribution < 1.29 is 4.74 Å². The molecule has 0 unspecified atom stereocenters. The highest BCUT2D eigenvalue weighted by Crippen LogP contribution is 2.26. The number of imidazole rings is 1. The van der Waals surface area contributed by atoms with Gasteiger partial charge in [-0.3, -0.25) is 0 Å². The monoisotopic (exact) mass is 237 g/mol. The van der Waals surface area contributed by atoms with Crippen LogP contribution in [0.4, 0.5) is 5.95 Å². The van der Waals surface area contributed by atoms with Gasteiger partial charge in [-0.15, -0.1) is 0 Å². The predicted molar refractivity (Wildman–Crippen MR) is 60.3 cm³/mol. The SMILES string of the molecule is COc1cc(Sc2nccn2C)nc(N)n1. The van der Waals surface area contributed by atoms with Gasteiger partial charge in [-0.05, 0) is 11.8 Å². The molecule has 2 aromatic rings. The van der Waals surface area contributed by atoms with Crippen molar-refractivity contribution in [2.45, 2.75) is 10.2 Å². The Morgan fingerprint density at radius 1 is 1.44 bits per heavy atom. The highest BCUT2D eigenvalue weighted by molar-refractivity contribution is 7.99. The van der Waals surface area contributed by atoms with Gasteiger partial charge in [0.2, 0.25) is 11.8 Å². The van der Waals surface area contributed by atoms with Gasteiger partial charge in [-0.1, -0.05) is 0 Å². The topological polar surface area (TPSA) is 78.8 Å². The first-order chi connectivity index (χ1) is 7.69. The number of ether oxygens (including phenoxy) is 1. The summed E-state index contributed by atoms with van der Waals surface area (Å²) in [5.74, 6) is 0.639. The van der Waals surface area contributed by atoms with Crippen molar-refractivity contribution >= 4 is 17.7 Å². The van der Waals surface area contributed by atoms with Crippen LogP contribution in [0.1, 0.15) is 0 Å². The van der Waals surface area contributed by atoms with Crippen LogP contribution < -0.4 is 10.5 Å². The Morgan fingerprint density at radius 3 is 2.88 bits per heavy atom. The zero-order valence-electron chi connectivity index (χ0n) is 8.91. The van der Waals surface area contributed by atoms with E-state index in [1.807, 2.05) is 17.8 Å². The van der Waals surface area contributed by atoms with Gasteiger partial charge >= 0.3 is 0 Å². The van der Waals surface area contributed by atoms with Crippen molar-refractivity contribution in [3.8, 4) is 5.88 Å². The lowest BCUT2D eigenvalue weighted by molar-refractivity contribution is 0.396. The molecule has 0 saturated carbocycles. The fourth-order valence-corrected chi connectivity index (χ4v) is 1.93. The predicted octanol–water partition coefficient (Wildman–Crippen LogP) is 0.952. The van der Waals surface area contributed by atoms with E-state index in [1.54, 1.807) is 12.3 Å². The lowest BCUT2D eigenvalue weighted by Gasteiger charge is -2.04. The molecule has 2 N–H and O–H groups in total. The Kier molecular flexibility index (Phi) is 2.95. The van der Waals surface area contributed by atoms with E-state index < -0.39 is 0 Å². The van der Waals surface area contributed by atoms with Crippen molar-refractivity contribution in [2.24, 2.45) is 7.05 Å². The maximum Gasteiger partial charge on any atom is 0.224 e. The van der Waals surface area contributed by atoms with E-state index in [-0.39, 0.29) is 5.95 Å². The second-order valence-electron chi connectivity index (χ2n) is 3.03. The Bertz CT molecular complexity index is 498. The third kappa shape index (κ3) is 2.25. The zero-order valence-corrected chi connectivity index (χ0v) is 9.73. The molecule has 0 aliphatic heterocycles. The van der Waals surface area contributed by atoms with E-state index in [1.165, 1.54) is 18.9 Å². The molecule has 0 atom stereocenters. The molecule has 0 saturated heterocycles. The number of anilines is 1. The first-order valence-electron chi connectivity index (χ1n) is 4.53. The van der Waals surface area contributed by atoms with Crippen LogP contribution in [-0.2, 0) is 7.05 Å². The summed E-state index contributed by atoms with van der Waals surface area (Å²) in [4.78, 5) is 12.2. The summed E-state index contributed by atoms with van der Waals surface area (Å²) in [6, 6.07) is 1.72. The molecule has 0 amide bonds. The molecule has 0 fully saturated rings. The number of hydrogen-bond acceptors (Lipinski definition) is 6. The normalized spacial score (nSPS) is 10.4. The van der Waals surface area contributed by atoms with E-state index in [0.717, 1.165) is 5.16 Å². The van der Waals surface area contributed by atoms with E-state index in [9.17, 15) is 0 Å². The minimum Gasteiger partial charge on any atom is -0.481 e. The smallest absolute Gasteiger partial charge is 0.224 e.